The number of carbonyl (C=O) groups excluding carboxylic acids is 1. The lowest BCUT2D eigenvalue weighted by molar-refractivity contribution is 0.0976. The molecule has 0 saturated heterocycles. The van der Waals surface area contributed by atoms with E-state index in [1.807, 2.05) is 0 Å². The molecular formula is C11H12FNO. The summed E-state index contributed by atoms with van der Waals surface area (Å²) in [4.78, 5) is 15.7. The lowest BCUT2D eigenvalue weighted by Gasteiger charge is -2.05. The van der Waals surface area contributed by atoms with Gasteiger partial charge in [0.05, 0.1) is 0 Å². The molecule has 0 N–H and O–H groups in total. The first-order valence-corrected chi connectivity index (χ1v) is 4.87. The van der Waals surface area contributed by atoms with Crippen molar-refractivity contribution in [2.24, 2.45) is 0 Å². The number of fused-ring (bicyclic) bond motifs is 1. The van der Waals surface area contributed by atoms with E-state index in [2.05, 4.69) is 4.98 Å². The van der Waals surface area contributed by atoms with Crippen LogP contribution in [0.1, 0.15) is 41.0 Å². The van der Waals surface area contributed by atoms with Crippen LogP contribution < -0.4 is 0 Å². The van der Waals surface area contributed by atoms with E-state index < -0.39 is 0 Å². The van der Waals surface area contributed by atoms with E-state index in [0.717, 1.165) is 12.8 Å². The van der Waals surface area contributed by atoms with Crippen molar-refractivity contribution < 1.29 is 9.18 Å². The molecule has 0 saturated carbocycles. The van der Waals surface area contributed by atoms with E-state index in [4.69, 9.17) is 0 Å². The molecule has 0 spiro atoms. The molecule has 0 radical (unpaired) electrons. The molecule has 2 rings (SSSR count). The molecule has 0 unspecified atom stereocenters. The standard InChI is InChI=1S/C11H12FNO/c1-7-6-9(12)8-4-2-3-5-10(14)11(8)13-7/h6H,2-5H2,1H3. The van der Waals surface area contributed by atoms with Crippen LogP contribution in [-0.4, -0.2) is 10.8 Å². The SMILES string of the molecule is Cc1cc(F)c2c(n1)C(=O)CCCC2. The van der Waals surface area contributed by atoms with Gasteiger partial charge < -0.3 is 0 Å². The lowest BCUT2D eigenvalue weighted by atomic mass is 10.1. The second kappa shape index (κ2) is 3.48. The van der Waals surface area contributed by atoms with Crippen LogP contribution in [0.15, 0.2) is 6.07 Å². The number of hydrogen-bond donors (Lipinski definition) is 0. The Labute approximate surface area is 82.2 Å². The van der Waals surface area contributed by atoms with Gasteiger partial charge in [-0.3, -0.25) is 4.79 Å². The number of pyridine rings is 1. The van der Waals surface area contributed by atoms with Gasteiger partial charge in [0.1, 0.15) is 11.5 Å². The molecule has 0 amide bonds. The highest BCUT2D eigenvalue weighted by Gasteiger charge is 2.20. The zero-order chi connectivity index (χ0) is 10.1. The third-order valence-corrected chi connectivity index (χ3v) is 2.54. The van der Waals surface area contributed by atoms with E-state index in [-0.39, 0.29) is 11.6 Å². The van der Waals surface area contributed by atoms with Crippen molar-refractivity contribution in [1.29, 1.82) is 0 Å². The van der Waals surface area contributed by atoms with Gasteiger partial charge in [-0.15, -0.1) is 0 Å². The maximum Gasteiger partial charge on any atom is 0.181 e. The van der Waals surface area contributed by atoms with Crippen LogP contribution in [0.4, 0.5) is 4.39 Å². The minimum atomic E-state index is -0.275. The molecule has 0 atom stereocenters. The van der Waals surface area contributed by atoms with E-state index in [1.54, 1.807) is 6.92 Å². The Hall–Kier alpha value is -1.25. The fraction of sp³-hybridized carbons (Fsp3) is 0.455. The summed E-state index contributed by atoms with van der Waals surface area (Å²) in [7, 11) is 0. The topological polar surface area (TPSA) is 30.0 Å². The summed E-state index contributed by atoms with van der Waals surface area (Å²) in [5, 5.41) is 0. The molecule has 74 valence electrons. The predicted octanol–water partition coefficient (Wildman–Crippen LogP) is 2.44. The second-order valence-corrected chi connectivity index (χ2v) is 3.70. The number of ketones is 1. The summed E-state index contributed by atoms with van der Waals surface area (Å²) >= 11 is 0. The van der Waals surface area contributed by atoms with Crippen molar-refractivity contribution in [3.63, 3.8) is 0 Å². The maximum absolute atomic E-state index is 13.5. The highest BCUT2D eigenvalue weighted by molar-refractivity contribution is 5.96. The summed E-state index contributed by atoms with van der Waals surface area (Å²) in [6.07, 6.45) is 2.86. The molecule has 0 aliphatic heterocycles. The lowest BCUT2D eigenvalue weighted by Crippen LogP contribution is -2.07. The minimum absolute atomic E-state index is 0.0138. The molecule has 1 aromatic rings. The number of aryl methyl sites for hydroxylation is 1. The van der Waals surface area contributed by atoms with Gasteiger partial charge in [-0.05, 0) is 32.3 Å². The molecule has 1 aromatic heterocycles. The van der Waals surface area contributed by atoms with Gasteiger partial charge in [0.25, 0.3) is 0 Å². The van der Waals surface area contributed by atoms with Crippen LogP contribution in [0, 0.1) is 12.7 Å². The molecule has 0 fully saturated rings. The minimum Gasteiger partial charge on any atom is -0.292 e. The molecule has 14 heavy (non-hydrogen) atoms. The van der Waals surface area contributed by atoms with Gasteiger partial charge in [-0.1, -0.05) is 0 Å². The average Bonchev–Trinajstić information content (AvgIpc) is 2.29. The zero-order valence-electron chi connectivity index (χ0n) is 8.14. The summed E-state index contributed by atoms with van der Waals surface area (Å²) in [6, 6.07) is 1.40. The van der Waals surface area contributed by atoms with E-state index >= 15 is 0 Å². The fourth-order valence-corrected chi connectivity index (χ4v) is 1.83. The first kappa shape index (κ1) is 9.31. The number of Topliss-reactive ketones (excluding diaryl/α,β-unsaturated/α-hetero) is 1. The van der Waals surface area contributed by atoms with Gasteiger partial charge in [-0.2, -0.15) is 0 Å². The van der Waals surface area contributed by atoms with Crippen LogP contribution >= 0.6 is 0 Å². The maximum atomic E-state index is 13.5. The average molecular weight is 193 g/mol. The zero-order valence-corrected chi connectivity index (χ0v) is 8.14. The number of rotatable bonds is 0. The van der Waals surface area contributed by atoms with E-state index in [9.17, 15) is 9.18 Å². The Morgan fingerprint density at radius 2 is 2.07 bits per heavy atom. The van der Waals surface area contributed by atoms with Gasteiger partial charge in [-0.25, -0.2) is 9.37 Å². The molecule has 0 aromatic carbocycles. The third kappa shape index (κ3) is 1.54. The first-order chi connectivity index (χ1) is 6.68. The van der Waals surface area contributed by atoms with Crippen LogP contribution in [0.25, 0.3) is 0 Å². The van der Waals surface area contributed by atoms with Crippen molar-refractivity contribution in [2.45, 2.75) is 32.6 Å². The first-order valence-electron chi connectivity index (χ1n) is 4.87. The fourth-order valence-electron chi connectivity index (χ4n) is 1.83. The van der Waals surface area contributed by atoms with E-state index in [1.165, 1.54) is 6.07 Å². The van der Waals surface area contributed by atoms with Gasteiger partial charge in [0.2, 0.25) is 0 Å². The Morgan fingerprint density at radius 1 is 1.36 bits per heavy atom. The molecule has 1 heterocycles. The summed E-state index contributed by atoms with van der Waals surface area (Å²) < 4.78 is 13.5. The van der Waals surface area contributed by atoms with Crippen molar-refractivity contribution >= 4 is 5.78 Å². The van der Waals surface area contributed by atoms with Crippen molar-refractivity contribution in [2.75, 3.05) is 0 Å². The number of halogens is 1. The second-order valence-electron chi connectivity index (χ2n) is 3.70. The largest absolute Gasteiger partial charge is 0.292 e. The van der Waals surface area contributed by atoms with Gasteiger partial charge >= 0.3 is 0 Å². The molecular weight excluding hydrogens is 181 g/mol. The molecule has 1 aliphatic rings. The van der Waals surface area contributed by atoms with Crippen molar-refractivity contribution in [3.8, 4) is 0 Å². The van der Waals surface area contributed by atoms with E-state index in [0.29, 0.717) is 29.8 Å². The highest BCUT2D eigenvalue weighted by Crippen LogP contribution is 2.22. The molecule has 0 bridgehead atoms. The Morgan fingerprint density at radius 3 is 2.86 bits per heavy atom. The van der Waals surface area contributed by atoms with Crippen LogP contribution in [0.3, 0.4) is 0 Å². The Balaban J connectivity index is 2.58. The summed E-state index contributed by atoms with van der Waals surface area (Å²) in [5.74, 6) is -0.289. The van der Waals surface area contributed by atoms with Crippen molar-refractivity contribution in [1.82, 2.24) is 4.98 Å². The van der Waals surface area contributed by atoms with Crippen LogP contribution in [0.2, 0.25) is 0 Å². The molecule has 1 aliphatic carbocycles. The highest BCUT2D eigenvalue weighted by atomic mass is 19.1. The predicted molar refractivity (Wildman–Crippen MR) is 50.8 cm³/mol. The molecule has 2 nitrogen and oxygen atoms in total. The van der Waals surface area contributed by atoms with Crippen LogP contribution in [0.5, 0.6) is 0 Å². The number of nitrogens with zero attached hydrogens (tertiary/aromatic N) is 1. The Kier molecular flexibility index (Phi) is 2.32. The van der Waals surface area contributed by atoms with Gasteiger partial charge in [0, 0.05) is 17.7 Å². The quantitative estimate of drug-likeness (QED) is 0.592. The number of hydrogen-bond acceptors (Lipinski definition) is 2. The Bertz CT molecular complexity index is 387. The monoisotopic (exact) mass is 193 g/mol. The van der Waals surface area contributed by atoms with Gasteiger partial charge in [0.15, 0.2) is 5.78 Å². The van der Waals surface area contributed by atoms with Crippen LogP contribution in [-0.2, 0) is 6.42 Å². The smallest absolute Gasteiger partial charge is 0.181 e. The van der Waals surface area contributed by atoms with Crippen molar-refractivity contribution in [3.05, 3.63) is 28.8 Å². The normalized spacial score (nSPS) is 16.3. The summed E-state index contributed by atoms with van der Waals surface area (Å²) in [5.41, 5.74) is 1.45. The third-order valence-electron chi connectivity index (χ3n) is 2.54. The molecule has 3 heteroatoms. The number of aromatic nitrogens is 1. The number of carbonyl (C=O) groups is 1. The summed E-state index contributed by atoms with van der Waals surface area (Å²) in [6.45, 7) is 1.71.